The van der Waals surface area contributed by atoms with Crippen molar-refractivity contribution in [3.63, 3.8) is 0 Å². The van der Waals surface area contributed by atoms with Crippen molar-refractivity contribution in [1.82, 2.24) is 5.32 Å². The molecule has 0 amide bonds. The predicted molar refractivity (Wildman–Crippen MR) is 44.0 cm³/mol. The Bertz CT molecular complexity index is 131. The SMILES string of the molecule is Cl.OC1CCNC12CCOC2. The van der Waals surface area contributed by atoms with Crippen LogP contribution in [-0.2, 0) is 4.74 Å². The minimum atomic E-state index is -0.185. The topological polar surface area (TPSA) is 41.5 Å². The zero-order chi connectivity index (χ0) is 7.03. The van der Waals surface area contributed by atoms with Crippen molar-refractivity contribution < 1.29 is 9.84 Å². The van der Waals surface area contributed by atoms with Gasteiger partial charge in [0.1, 0.15) is 0 Å². The third-order valence-electron chi connectivity index (χ3n) is 2.58. The van der Waals surface area contributed by atoms with Crippen LogP contribution in [0.25, 0.3) is 0 Å². The molecule has 3 nitrogen and oxygen atoms in total. The van der Waals surface area contributed by atoms with E-state index in [2.05, 4.69) is 5.32 Å². The van der Waals surface area contributed by atoms with Gasteiger partial charge in [0.25, 0.3) is 0 Å². The Balaban J connectivity index is 0.000000605. The maximum Gasteiger partial charge on any atom is 0.0757 e. The smallest absolute Gasteiger partial charge is 0.0757 e. The molecule has 0 aromatic heterocycles. The molecule has 0 aliphatic carbocycles. The molecule has 2 aliphatic rings. The molecule has 2 aliphatic heterocycles. The molecule has 2 saturated heterocycles. The lowest BCUT2D eigenvalue weighted by atomic mass is 9.94. The number of hydrogen-bond donors (Lipinski definition) is 2. The number of halogens is 1. The largest absolute Gasteiger partial charge is 0.391 e. The van der Waals surface area contributed by atoms with Crippen LogP contribution in [0.3, 0.4) is 0 Å². The van der Waals surface area contributed by atoms with Crippen LogP contribution in [0.5, 0.6) is 0 Å². The molecule has 0 saturated carbocycles. The van der Waals surface area contributed by atoms with Crippen LogP contribution in [0.1, 0.15) is 12.8 Å². The summed E-state index contributed by atoms with van der Waals surface area (Å²) in [6.07, 6.45) is 1.66. The fourth-order valence-electron chi connectivity index (χ4n) is 1.83. The second-order valence-electron chi connectivity index (χ2n) is 3.19. The molecule has 2 N–H and O–H groups in total. The molecule has 4 heteroatoms. The second kappa shape index (κ2) is 3.27. The molecule has 66 valence electrons. The summed E-state index contributed by atoms with van der Waals surface area (Å²) in [5.41, 5.74) is -0.0694. The summed E-state index contributed by atoms with van der Waals surface area (Å²) in [6.45, 7) is 2.42. The second-order valence-corrected chi connectivity index (χ2v) is 3.19. The van der Waals surface area contributed by atoms with Gasteiger partial charge in [0, 0.05) is 6.61 Å². The number of hydrogen-bond acceptors (Lipinski definition) is 3. The van der Waals surface area contributed by atoms with Gasteiger partial charge in [-0.3, -0.25) is 0 Å². The van der Waals surface area contributed by atoms with E-state index in [-0.39, 0.29) is 24.0 Å². The third kappa shape index (κ3) is 1.38. The molecule has 0 aromatic rings. The van der Waals surface area contributed by atoms with E-state index in [0.29, 0.717) is 6.61 Å². The molecule has 2 fully saturated rings. The Labute approximate surface area is 72.5 Å². The van der Waals surface area contributed by atoms with E-state index in [9.17, 15) is 5.11 Å². The summed E-state index contributed by atoms with van der Waals surface area (Å²) < 4.78 is 5.23. The number of rotatable bonds is 0. The van der Waals surface area contributed by atoms with Crippen molar-refractivity contribution in [2.45, 2.75) is 24.5 Å². The lowest BCUT2D eigenvalue weighted by Crippen LogP contribution is -2.48. The maximum atomic E-state index is 9.54. The molecule has 11 heavy (non-hydrogen) atoms. The maximum absolute atomic E-state index is 9.54. The fourth-order valence-corrected chi connectivity index (χ4v) is 1.83. The van der Waals surface area contributed by atoms with Crippen LogP contribution in [0, 0.1) is 0 Å². The van der Waals surface area contributed by atoms with Gasteiger partial charge >= 0.3 is 0 Å². The van der Waals surface area contributed by atoms with E-state index in [0.717, 1.165) is 26.0 Å². The Kier molecular flexibility index (Phi) is 2.75. The summed E-state index contributed by atoms with van der Waals surface area (Å²) in [5.74, 6) is 0. The lowest BCUT2D eigenvalue weighted by Gasteiger charge is -2.25. The molecule has 0 bridgehead atoms. The highest BCUT2D eigenvalue weighted by Gasteiger charge is 2.44. The first-order valence-electron chi connectivity index (χ1n) is 3.84. The van der Waals surface area contributed by atoms with Gasteiger partial charge in [0.2, 0.25) is 0 Å². The first kappa shape index (κ1) is 9.26. The monoisotopic (exact) mass is 179 g/mol. The van der Waals surface area contributed by atoms with Crippen LogP contribution in [0.4, 0.5) is 0 Å². The number of aliphatic hydroxyl groups excluding tert-OH is 1. The Hall–Kier alpha value is 0.170. The quantitative estimate of drug-likeness (QED) is 0.547. The lowest BCUT2D eigenvalue weighted by molar-refractivity contribution is 0.0805. The Morgan fingerprint density at radius 2 is 2.36 bits per heavy atom. The summed E-state index contributed by atoms with van der Waals surface area (Å²) in [6, 6.07) is 0. The fraction of sp³-hybridized carbons (Fsp3) is 1.00. The number of nitrogens with one attached hydrogen (secondary N) is 1. The first-order valence-corrected chi connectivity index (χ1v) is 3.84. The Morgan fingerprint density at radius 1 is 1.55 bits per heavy atom. The van der Waals surface area contributed by atoms with Crippen LogP contribution in [-0.4, -0.2) is 36.5 Å². The van der Waals surface area contributed by atoms with Crippen molar-refractivity contribution in [2.24, 2.45) is 0 Å². The zero-order valence-corrected chi connectivity index (χ0v) is 7.19. The normalized spacial score (nSPS) is 42.8. The molecule has 2 unspecified atom stereocenters. The van der Waals surface area contributed by atoms with Crippen molar-refractivity contribution >= 4 is 12.4 Å². The van der Waals surface area contributed by atoms with E-state index in [1.165, 1.54) is 0 Å². The van der Waals surface area contributed by atoms with E-state index in [4.69, 9.17) is 4.74 Å². The molecule has 0 radical (unpaired) electrons. The van der Waals surface area contributed by atoms with Crippen molar-refractivity contribution in [2.75, 3.05) is 19.8 Å². The van der Waals surface area contributed by atoms with Gasteiger partial charge in [-0.25, -0.2) is 0 Å². The third-order valence-corrected chi connectivity index (χ3v) is 2.58. The number of aliphatic hydroxyl groups is 1. The van der Waals surface area contributed by atoms with Gasteiger partial charge in [0.05, 0.1) is 18.2 Å². The van der Waals surface area contributed by atoms with Gasteiger partial charge < -0.3 is 15.2 Å². The van der Waals surface area contributed by atoms with Crippen LogP contribution >= 0.6 is 12.4 Å². The van der Waals surface area contributed by atoms with Crippen LogP contribution < -0.4 is 5.32 Å². The highest BCUT2D eigenvalue weighted by Crippen LogP contribution is 2.28. The molecular weight excluding hydrogens is 166 g/mol. The van der Waals surface area contributed by atoms with E-state index in [1.54, 1.807) is 0 Å². The minimum absolute atomic E-state index is 0. The van der Waals surface area contributed by atoms with Crippen molar-refractivity contribution in [3.05, 3.63) is 0 Å². The first-order chi connectivity index (χ1) is 4.83. The molecule has 2 heterocycles. The Morgan fingerprint density at radius 3 is 2.82 bits per heavy atom. The van der Waals surface area contributed by atoms with Crippen LogP contribution in [0.2, 0.25) is 0 Å². The summed E-state index contributed by atoms with van der Waals surface area (Å²) >= 11 is 0. The summed E-state index contributed by atoms with van der Waals surface area (Å²) in [7, 11) is 0. The average molecular weight is 180 g/mol. The van der Waals surface area contributed by atoms with Gasteiger partial charge in [-0.05, 0) is 19.4 Å². The minimum Gasteiger partial charge on any atom is -0.391 e. The molecule has 1 spiro atoms. The standard InChI is InChI=1S/C7H13NO2.ClH/c9-6-1-3-8-7(6)2-4-10-5-7;/h6,8-9H,1-5H2;1H. The summed E-state index contributed by atoms with van der Waals surface area (Å²) in [5, 5.41) is 12.8. The van der Waals surface area contributed by atoms with E-state index in [1.807, 2.05) is 0 Å². The molecular formula is C7H14ClNO2. The molecule has 2 rings (SSSR count). The highest BCUT2D eigenvalue weighted by atomic mass is 35.5. The van der Waals surface area contributed by atoms with Gasteiger partial charge in [-0.2, -0.15) is 0 Å². The zero-order valence-electron chi connectivity index (χ0n) is 6.38. The van der Waals surface area contributed by atoms with Gasteiger partial charge in [0.15, 0.2) is 0 Å². The predicted octanol–water partition coefficient (Wildman–Crippen LogP) is -0.0785. The molecule has 2 atom stereocenters. The van der Waals surface area contributed by atoms with E-state index >= 15 is 0 Å². The van der Waals surface area contributed by atoms with E-state index < -0.39 is 0 Å². The average Bonchev–Trinajstić information content (AvgIpc) is 2.48. The van der Waals surface area contributed by atoms with Gasteiger partial charge in [-0.1, -0.05) is 0 Å². The summed E-state index contributed by atoms with van der Waals surface area (Å²) in [4.78, 5) is 0. The highest BCUT2D eigenvalue weighted by molar-refractivity contribution is 5.85. The van der Waals surface area contributed by atoms with Crippen molar-refractivity contribution in [1.29, 1.82) is 0 Å². The number of ether oxygens (including phenoxy) is 1. The molecule has 0 aromatic carbocycles. The van der Waals surface area contributed by atoms with Crippen molar-refractivity contribution in [3.8, 4) is 0 Å². The van der Waals surface area contributed by atoms with Gasteiger partial charge in [-0.15, -0.1) is 12.4 Å². The van der Waals surface area contributed by atoms with Crippen LogP contribution in [0.15, 0.2) is 0 Å².